The van der Waals surface area contributed by atoms with E-state index < -0.39 is 0 Å². The van der Waals surface area contributed by atoms with Gasteiger partial charge in [0.25, 0.3) is 11.8 Å². The van der Waals surface area contributed by atoms with E-state index in [1.807, 2.05) is 65.6 Å². The van der Waals surface area contributed by atoms with Gasteiger partial charge in [-0.2, -0.15) is 0 Å². The molecule has 39 heavy (non-hydrogen) atoms. The molecule has 194 valence electrons. The fourth-order valence-corrected chi connectivity index (χ4v) is 5.46. The molecular formula is C33H27FN2O3. The van der Waals surface area contributed by atoms with Crippen molar-refractivity contribution in [2.24, 2.45) is 0 Å². The minimum atomic E-state index is -0.364. The van der Waals surface area contributed by atoms with Crippen molar-refractivity contribution in [3.05, 3.63) is 120 Å². The fourth-order valence-electron chi connectivity index (χ4n) is 5.46. The van der Waals surface area contributed by atoms with Gasteiger partial charge in [0.1, 0.15) is 17.2 Å². The number of fused-ring (bicyclic) bond motifs is 1. The van der Waals surface area contributed by atoms with Crippen LogP contribution in [0.5, 0.6) is 0 Å². The molecule has 1 fully saturated rings. The van der Waals surface area contributed by atoms with Crippen LogP contribution in [-0.4, -0.2) is 30.3 Å². The molecule has 0 radical (unpaired) electrons. The predicted molar refractivity (Wildman–Crippen MR) is 150 cm³/mol. The van der Waals surface area contributed by atoms with Crippen LogP contribution < -0.4 is 5.32 Å². The molecule has 1 aliphatic rings. The first-order valence-electron chi connectivity index (χ1n) is 13.0. The molecule has 1 saturated heterocycles. The molecule has 6 rings (SSSR count). The third-order valence-corrected chi connectivity index (χ3v) is 7.39. The molecule has 0 saturated carbocycles. The van der Waals surface area contributed by atoms with E-state index in [9.17, 15) is 14.0 Å². The van der Waals surface area contributed by atoms with Crippen molar-refractivity contribution >= 4 is 22.8 Å². The van der Waals surface area contributed by atoms with E-state index >= 15 is 0 Å². The molecule has 1 aliphatic heterocycles. The van der Waals surface area contributed by atoms with Crippen molar-refractivity contribution in [1.82, 2.24) is 10.2 Å². The van der Waals surface area contributed by atoms with Crippen LogP contribution in [0.3, 0.4) is 0 Å². The van der Waals surface area contributed by atoms with Gasteiger partial charge in [-0.25, -0.2) is 4.39 Å². The molecule has 0 bridgehead atoms. The largest absolute Gasteiger partial charge is 0.455 e. The summed E-state index contributed by atoms with van der Waals surface area (Å²) in [4.78, 5) is 28.5. The highest BCUT2D eigenvalue weighted by molar-refractivity contribution is 6.11. The number of rotatable bonds is 5. The first kappa shape index (κ1) is 24.6. The average Bonchev–Trinajstić information content (AvgIpc) is 3.62. The number of carbonyl (C=O) groups is 2. The quantitative estimate of drug-likeness (QED) is 0.267. The number of nitrogens with zero attached hydrogens (tertiary/aromatic N) is 1. The molecule has 5 nitrogen and oxygen atoms in total. The van der Waals surface area contributed by atoms with E-state index in [1.165, 1.54) is 12.1 Å². The van der Waals surface area contributed by atoms with Crippen LogP contribution in [0.25, 0.3) is 33.4 Å². The maximum atomic E-state index is 13.6. The highest BCUT2D eigenvalue weighted by atomic mass is 19.1. The summed E-state index contributed by atoms with van der Waals surface area (Å²) in [5, 5.41) is 3.33. The standard InChI is InChI=1S/C33H27FN2O3/c1-35-32(37)30-27-20-24(14-17-29(27)39-31(30)22-12-15-26(34)16-13-22)23-9-5-10-25(19-23)33(38)36-18-6-11-28(36)21-7-3-2-4-8-21/h2-5,7-10,12-17,19-20,28H,6,11,18H2,1H3,(H,35,37). The Bertz CT molecular complexity index is 1680. The molecule has 6 heteroatoms. The van der Waals surface area contributed by atoms with E-state index in [0.717, 1.165) is 36.1 Å². The molecule has 1 N–H and O–H groups in total. The highest BCUT2D eigenvalue weighted by Crippen LogP contribution is 2.37. The normalized spacial score (nSPS) is 15.0. The van der Waals surface area contributed by atoms with Crippen molar-refractivity contribution in [2.45, 2.75) is 18.9 Å². The number of furan rings is 1. The van der Waals surface area contributed by atoms with Gasteiger partial charge >= 0.3 is 0 Å². The summed E-state index contributed by atoms with van der Waals surface area (Å²) in [5.74, 6) is -0.268. The molecule has 0 aliphatic carbocycles. The van der Waals surface area contributed by atoms with E-state index in [0.29, 0.717) is 33.4 Å². The third kappa shape index (κ3) is 4.59. The maximum Gasteiger partial charge on any atom is 0.255 e. The number of carbonyl (C=O) groups excluding carboxylic acids is 2. The van der Waals surface area contributed by atoms with Crippen molar-refractivity contribution in [3.8, 4) is 22.5 Å². The lowest BCUT2D eigenvalue weighted by Gasteiger charge is -2.25. The predicted octanol–water partition coefficient (Wildman–Crippen LogP) is 7.24. The molecule has 1 atom stereocenters. The average molecular weight is 519 g/mol. The SMILES string of the molecule is CNC(=O)c1c(-c2ccc(F)cc2)oc2ccc(-c3cccc(C(=O)N4CCCC4c4ccccc4)c3)cc12. The van der Waals surface area contributed by atoms with Gasteiger partial charge < -0.3 is 14.6 Å². The highest BCUT2D eigenvalue weighted by Gasteiger charge is 2.30. The summed E-state index contributed by atoms with van der Waals surface area (Å²) in [7, 11) is 1.57. The summed E-state index contributed by atoms with van der Waals surface area (Å²) in [6.07, 6.45) is 1.92. The van der Waals surface area contributed by atoms with Crippen molar-refractivity contribution in [3.63, 3.8) is 0 Å². The first-order valence-corrected chi connectivity index (χ1v) is 13.0. The van der Waals surface area contributed by atoms with Crippen molar-refractivity contribution in [2.75, 3.05) is 13.6 Å². The summed E-state index contributed by atoms with van der Waals surface area (Å²) in [5.41, 5.74) is 5.05. The van der Waals surface area contributed by atoms with E-state index in [4.69, 9.17) is 4.42 Å². The summed E-state index contributed by atoms with van der Waals surface area (Å²) >= 11 is 0. The van der Waals surface area contributed by atoms with Crippen LogP contribution in [0.1, 0.15) is 45.2 Å². The Kier molecular flexibility index (Phi) is 6.45. The summed E-state index contributed by atoms with van der Waals surface area (Å²) < 4.78 is 19.6. The second kappa shape index (κ2) is 10.2. The lowest BCUT2D eigenvalue weighted by Crippen LogP contribution is -2.30. The van der Waals surface area contributed by atoms with Crippen LogP contribution in [0.4, 0.5) is 4.39 Å². The van der Waals surface area contributed by atoms with E-state index in [-0.39, 0.29) is 23.7 Å². The Morgan fingerprint density at radius 2 is 1.62 bits per heavy atom. The number of hydrogen-bond acceptors (Lipinski definition) is 3. The number of benzene rings is 4. The lowest BCUT2D eigenvalue weighted by molar-refractivity contribution is 0.0735. The van der Waals surface area contributed by atoms with Crippen molar-refractivity contribution < 1.29 is 18.4 Å². The van der Waals surface area contributed by atoms with Gasteiger partial charge in [-0.05, 0) is 78.1 Å². The number of likely N-dealkylation sites (tertiary alicyclic amines) is 1. The third-order valence-electron chi connectivity index (χ3n) is 7.39. The Morgan fingerprint density at radius 3 is 2.38 bits per heavy atom. The molecule has 2 heterocycles. The first-order chi connectivity index (χ1) is 19.0. The molecule has 1 aromatic heterocycles. The molecular weight excluding hydrogens is 491 g/mol. The maximum absolute atomic E-state index is 13.6. The van der Waals surface area contributed by atoms with Crippen LogP contribution >= 0.6 is 0 Å². The van der Waals surface area contributed by atoms with Gasteiger partial charge in [0.15, 0.2) is 0 Å². The minimum absolute atomic E-state index is 0.0113. The van der Waals surface area contributed by atoms with Crippen LogP contribution in [-0.2, 0) is 0 Å². The van der Waals surface area contributed by atoms with Gasteiger partial charge in [-0.15, -0.1) is 0 Å². The fraction of sp³-hybridized carbons (Fsp3) is 0.152. The van der Waals surface area contributed by atoms with Gasteiger partial charge in [0, 0.05) is 30.1 Å². The monoisotopic (exact) mass is 518 g/mol. The zero-order chi connectivity index (χ0) is 26.9. The number of amides is 2. The zero-order valence-electron chi connectivity index (χ0n) is 21.5. The minimum Gasteiger partial charge on any atom is -0.455 e. The molecule has 5 aromatic rings. The Labute approximate surface area is 225 Å². The number of hydrogen-bond donors (Lipinski definition) is 1. The van der Waals surface area contributed by atoms with Gasteiger partial charge in [-0.1, -0.05) is 48.5 Å². The van der Waals surface area contributed by atoms with E-state index in [2.05, 4.69) is 17.4 Å². The second-order valence-corrected chi connectivity index (χ2v) is 9.75. The Balaban J connectivity index is 1.37. The van der Waals surface area contributed by atoms with Crippen LogP contribution in [0, 0.1) is 5.82 Å². The molecule has 0 spiro atoms. The zero-order valence-corrected chi connectivity index (χ0v) is 21.5. The molecule has 1 unspecified atom stereocenters. The van der Waals surface area contributed by atoms with Crippen LogP contribution in [0.15, 0.2) is 101 Å². The van der Waals surface area contributed by atoms with Crippen LogP contribution in [0.2, 0.25) is 0 Å². The van der Waals surface area contributed by atoms with Gasteiger partial charge in [0.05, 0.1) is 11.6 Å². The number of nitrogens with one attached hydrogen (secondary N) is 1. The van der Waals surface area contributed by atoms with Crippen molar-refractivity contribution in [1.29, 1.82) is 0 Å². The summed E-state index contributed by atoms with van der Waals surface area (Å²) in [6, 6.07) is 29.4. The summed E-state index contributed by atoms with van der Waals surface area (Å²) in [6.45, 7) is 0.727. The lowest BCUT2D eigenvalue weighted by atomic mass is 9.98. The van der Waals surface area contributed by atoms with Gasteiger partial charge in [-0.3, -0.25) is 9.59 Å². The second-order valence-electron chi connectivity index (χ2n) is 9.75. The Hall–Kier alpha value is -4.71. The smallest absolute Gasteiger partial charge is 0.255 e. The topological polar surface area (TPSA) is 62.6 Å². The molecule has 2 amide bonds. The van der Waals surface area contributed by atoms with Gasteiger partial charge in [0.2, 0.25) is 0 Å². The Morgan fingerprint density at radius 1 is 0.872 bits per heavy atom. The van der Waals surface area contributed by atoms with E-state index in [1.54, 1.807) is 19.2 Å². The number of halogens is 1. The molecule has 4 aromatic carbocycles.